The number of nitriles is 1. The van der Waals surface area contributed by atoms with E-state index in [1.807, 2.05) is 48.5 Å². The molecule has 0 spiro atoms. The summed E-state index contributed by atoms with van der Waals surface area (Å²) < 4.78 is 41.7. The molecule has 0 saturated carbocycles. The molecule has 7 heteroatoms. The average Bonchev–Trinajstić information content (AvgIpc) is 2.93. The van der Waals surface area contributed by atoms with E-state index in [0.717, 1.165) is 38.6 Å². The fourth-order valence-corrected chi connectivity index (χ4v) is 4.70. The van der Waals surface area contributed by atoms with Gasteiger partial charge in [0.05, 0.1) is 11.6 Å². The minimum atomic E-state index is -4.73. The van der Waals surface area contributed by atoms with Gasteiger partial charge >= 0.3 is 6.36 Å². The van der Waals surface area contributed by atoms with Gasteiger partial charge < -0.3 is 4.74 Å². The normalized spacial score (nSPS) is 11.5. The first-order valence-corrected chi connectivity index (χ1v) is 12.3. The molecular weight excluding hydrogens is 499 g/mol. The standard InChI is InChI=1S/C32H24F3N3O/c33-32(34,35)39-28-14-11-23(12-15-28)20-38(22-25-5-4-16-37-19-25)21-24-10-13-27(18-36)31(17-24)30-9-3-7-26-6-1-2-8-29(26)30/h1-17,19H,20-22H2. The Morgan fingerprint density at radius 1 is 0.744 bits per heavy atom. The highest BCUT2D eigenvalue weighted by Crippen LogP contribution is 2.32. The highest BCUT2D eigenvalue weighted by Gasteiger charge is 2.31. The Balaban J connectivity index is 1.45. The minimum absolute atomic E-state index is 0.253. The van der Waals surface area contributed by atoms with Crippen LogP contribution in [0.2, 0.25) is 0 Å². The second kappa shape index (κ2) is 11.4. The number of benzene rings is 4. The van der Waals surface area contributed by atoms with Gasteiger partial charge in [0.2, 0.25) is 0 Å². The maximum atomic E-state index is 12.6. The van der Waals surface area contributed by atoms with Crippen molar-refractivity contribution in [2.75, 3.05) is 0 Å². The van der Waals surface area contributed by atoms with Gasteiger partial charge in [-0.1, -0.05) is 66.7 Å². The molecule has 194 valence electrons. The second-order valence-corrected chi connectivity index (χ2v) is 9.22. The molecule has 0 aliphatic rings. The van der Waals surface area contributed by atoms with Crippen LogP contribution >= 0.6 is 0 Å². The Bertz CT molecular complexity index is 1610. The van der Waals surface area contributed by atoms with Crippen LogP contribution < -0.4 is 4.74 Å². The van der Waals surface area contributed by atoms with Crippen molar-refractivity contribution in [2.24, 2.45) is 0 Å². The Kier molecular flexibility index (Phi) is 7.57. The van der Waals surface area contributed by atoms with Crippen LogP contribution in [0.25, 0.3) is 21.9 Å². The monoisotopic (exact) mass is 523 g/mol. The van der Waals surface area contributed by atoms with E-state index in [4.69, 9.17) is 0 Å². The average molecular weight is 524 g/mol. The number of pyridine rings is 1. The lowest BCUT2D eigenvalue weighted by atomic mass is 9.93. The molecule has 0 atom stereocenters. The molecule has 0 aliphatic carbocycles. The predicted molar refractivity (Wildman–Crippen MR) is 144 cm³/mol. The van der Waals surface area contributed by atoms with Gasteiger partial charge in [0.15, 0.2) is 0 Å². The van der Waals surface area contributed by atoms with Gasteiger partial charge in [-0.05, 0) is 63.4 Å². The predicted octanol–water partition coefficient (Wildman–Crippen LogP) is 7.87. The lowest BCUT2D eigenvalue weighted by Gasteiger charge is -2.23. The zero-order valence-electron chi connectivity index (χ0n) is 20.9. The van der Waals surface area contributed by atoms with Crippen molar-refractivity contribution in [1.82, 2.24) is 9.88 Å². The van der Waals surface area contributed by atoms with Crippen LogP contribution in [-0.4, -0.2) is 16.2 Å². The van der Waals surface area contributed by atoms with Crippen molar-refractivity contribution >= 4 is 10.8 Å². The molecule has 0 aliphatic heterocycles. The van der Waals surface area contributed by atoms with Gasteiger partial charge in [-0.3, -0.25) is 9.88 Å². The maximum Gasteiger partial charge on any atom is 0.573 e. The molecule has 0 N–H and O–H groups in total. The number of hydrogen-bond donors (Lipinski definition) is 0. The van der Waals surface area contributed by atoms with E-state index in [2.05, 4.69) is 45.0 Å². The van der Waals surface area contributed by atoms with Gasteiger partial charge in [0.1, 0.15) is 5.75 Å². The van der Waals surface area contributed by atoms with Crippen LogP contribution in [-0.2, 0) is 19.6 Å². The van der Waals surface area contributed by atoms with E-state index in [0.29, 0.717) is 25.2 Å². The van der Waals surface area contributed by atoms with Gasteiger partial charge in [-0.2, -0.15) is 5.26 Å². The smallest absolute Gasteiger partial charge is 0.406 e. The molecule has 4 aromatic carbocycles. The molecular formula is C32H24F3N3O. The second-order valence-electron chi connectivity index (χ2n) is 9.22. The maximum absolute atomic E-state index is 12.6. The molecule has 0 unspecified atom stereocenters. The quantitative estimate of drug-likeness (QED) is 0.208. The Hall–Kier alpha value is -4.67. The van der Waals surface area contributed by atoms with E-state index >= 15 is 0 Å². The van der Waals surface area contributed by atoms with Crippen LogP contribution in [0.5, 0.6) is 5.75 Å². The number of alkyl halides is 3. The van der Waals surface area contributed by atoms with Crippen LogP contribution in [0.1, 0.15) is 22.3 Å². The highest BCUT2D eigenvalue weighted by molar-refractivity contribution is 5.97. The van der Waals surface area contributed by atoms with Gasteiger partial charge in [0.25, 0.3) is 0 Å². The minimum Gasteiger partial charge on any atom is -0.406 e. The topological polar surface area (TPSA) is 49.2 Å². The first-order chi connectivity index (χ1) is 18.9. The number of hydrogen-bond acceptors (Lipinski definition) is 4. The number of nitrogens with zero attached hydrogens (tertiary/aromatic N) is 3. The summed E-state index contributed by atoms with van der Waals surface area (Å²) in [5.74, 6) is -0.253. The molecule has 5 aromatic rings. The van der Waals surface area contributed by atoms with Crippen molar-refractivity contribution in [3.05, 3.63) is 132 Å². The molecule has 1 aromatic heterocycles. The molecule has 0 amide bonds. The van der Waals surface area contributed by atoms with Gasteiger partial charge in [0, 0.05) is 37.6 Å². The third-order valence-corrected chi connectivity index (χ3v) is 6.38. The summed E-state index contributed by atoms with van der Waals surface area (Å²) in [7, 11) is 0. The Labute approximate surface area is 224 Å². The lowest BCUT2D eigenvalue weighted by molar-refractivity contribution is -0.274. The Morgan fingerprint density at radius 3 is 2.21 bits per heavy atom. The molecule has 0 bridgehead atoms. The first kappa shape index (κ1) is 26.0. The molecule has 5 rings (SSSR count). The number of fused-ring (bicyclic) bond motifs is 1. The van der Waals surface area contributed by atoms with Crippen LogP contribution in [0, 0.1) is 11.3 Å². The molecule has 4 nitrogen and oxygen atoms in total. The van der Waals surface area contributed by atoms with Crippen molar-refractivity contribution < 1.29 is 17.9 Å². The number of rotatable bonds is 8. The summed E-state index contributed by atoms with van der Waals surface area (Å²) in [6.07, 6.45) is -1.22. The summed E-state index contributed by atoms with van der Waals surface area (Å²) in [5.41, 5.74) is 5.31. The zero-order valence-corrected chi connectivity index (χ0v) is 20.9. The van der Waals surface area contributed by atoms with Crippen LogP contribution in [0.3, 0.4) is 0 Å². The van der Waals surface area contributed by atoms with Crippen molar-refractivity contribution in [3.8, 4) is 22.9 Å². The Morgan fingerprint density at radius 2 is 1.46 bits per heavy atom. The molecule has 0 radical (unpaired) electrons. The number of ether oxygens (including phenoxy) is 1. The van der Waals surface area contributed by atoms with Crippen molar-refractivity contribution in [1.29, 1.82) is 5.26 Å². The third-order valence-electron chi connectivity index (χ3n) is 6.38. The van der Waals surface area contributed by atoms with E-state index < -0.39 is 6.36 Å². The largest absolute Gasteiger partial charge is 0.573 e. The van der Waals surface area contributed by atoms with E-state index in [9.17, 15) is 18.4 Å². The van der Waals surface area contributed by atoms with Gasteiger partial charge in [-0.15, -0.1) is 13.2 Å². The molecule has 0 saturated heterocycles. The fourth-order valence-electron chi connectivity index (χ4n) is 4.70. The van der Waals surface area contributed by atoms with E-state index in [1.54, 1.807) is 24.5 Å². The zero-order chi connectivity index (χ0) is 27.2. The molecule has 39 heavy (non-hydrogen) atoms. The van der Waals surface area contributed by atoms with Crippen LogP contribution in [0.4, 0.5) is 13.2 Å². The SMILES string of the molecule is N#Cc1ccc(CN(Cc2ccc(OC(F)(F)F)cc2)Cc2cccnc2)cc1-c1cccc2ccccc12. The number of aromatic nitrogens is 1. The molecule has 1 heterocycles. The van der Waals surface area contributed by atoms with Crippen LogP contribution in [0.15, 0.2) is 109 Å². The summed E-state index contributed by atoms with van der Waals surface area (Å²) in [4.78, 5) is 6.40. The molecule has 0 fully saturated rings. The van der Waals surface area contributed by atoms with Gasteiger partial charge in [-0.25, -0.2) is 0 Å². The van der Waals surface area contributed by atoms with Crippen molar-refractivity contribution in [3.63, 3.8) is 0 Å². The highest BCUT2D eigenvalue weighted by atomic mass is 19.4. The summed E-state index contributed by atoms with van der Waals surface area (Å²) >= 11 is 0. The summed E-state index contributed by atoms with van der Waals surface area (Å²) in [5, 5.41) is 12.0. The lowest BCUT2D eigenvalue weighted by Crippen LogP contribution is -2.22. The van der Waals surface area contributed by atoms with Crippen molar-refractivity contribution in [2.45, 2.75) is 26.0 Å². The van der Waals surface area contributed by atoms with E-state index in [1.165, 1.54) is 12.1 Å². The first-order valence-electron chi connectivity index (χ1n) is 12.3. The van der Waals surface area contributed by atoms with E-state index in [-0.39, 0.29) is 5.75 Å². The summed E-state index contributed by atoms with van der Waals surface area (Å²) in [6, 6.07) is 32.1. The fraction of sp³-hybridized carbons (Fsp3) is 0.125. The number of halogens is 3. The third kappa shape index (κ3) is 6.61. The summed E-state index contributed by atoms with van der Waals surface area (Å²) in [6.45, 7) is 1.63.